The molecule has 0 bridgehead atoms. The first kappa shape index (κ1) is 13.7. The molecule has 5 nitrogen and oxygen atoms in total. The fourth-order valence-corrected chi connectivity index (χ4v) is 1.89. The van der Waals surface area contributed by atoms with Gasteiger partial charge in [-0.25, -0.2) is 8.42 Å². The minimum absolute atomic E-state index is 0.0989. The van der Waals surface area contributed by atoms with Crippen molar-refractivity contribution in [3.05, 3.63) is 29.8 Å². The molecule has 0 saturated heterocycles. The highest BCUT2D eigenvalue weighted by atomic mass is 32.2. The van der Waals surface area contributed by atoms with Gasteiger partial charge >= 0.3 is 0 Å². The van der Waals surface area contributed by atoms with Crippen molar-refractivity contribution in [1.29, 1.82) is 0 Å². The number of hydrogen-bond donors (Lipinski definition) is 2. The van der Waals surface area contributed by atoms with Crippen LogP contribution in [0.1, 0.15) is 17.3 Å². The normalized spacial score (nSPS) is 13.1. The summed E-state index contributed by atoms with van der Waals surface area (Å²) in [5.74, 6) is -0.406. The molecule has 0 fully saturated rings. The van der Waals surface area contributed by atoms with E-state index >= 15 is 0 Å². The summed E-state index contributed by atoms with van der Waals surface area (Å²) >= 11 is 0. The molecule has 1 atom stereocenters. The smallest absolute Gasteiger partial charge is 0.251 e. The standard InChI is InChI=1S/C11H15NO4S/c1-8(7-13)12-11(14)9-4-3-5-10(6-9)17(2,15)16/h3-6,8,13H,7H2,1-2H3,(H,12,14)/t8-/m1/s1. The Hall–Kier alpha value is -1.40. The van der Waals surface area contributed by atoms with Crippen LogP contribution >= 0.6 is 0 Å². The summed E-state index contributed by atoms with van der Waals surface area (Å²) in [4.78, 5) is 11.8. The molecule has 0 heterocycles. The number of aliphatic hydroxyl groups is 1. The number of aliphatic hydroxyl groups excluding tert-OH is 1. The third kappa shape index (κ3) is 3.83. The molecule has 0 aliphatic rings. The SMILES string of the molecule is C[C@H](CO)NC(=O)c1cccc(S(C)(=O)=O)c1. The average Bonchev–Trinajstić information content (AvgIpc) is 2.28. The highest BCUT2D eigenvalue weighted by Crippen LogP contribution is 2.11. The highest BCUT2D eigenvalue weighted by Gasteiger charge is 2.12. The van der Waals surface area contributed by atoms with E-state index in [4.69, 9.17) is 5.11 Å². The molecule has 0 aliphatic heterocycles. The van der Waals surface area contributed by atoms with Gasteiger partial charge in [0.25, 0.3) is 5.91 Å². The second-order valence-electron chi connectivity index (χ2n) is 3.86. The van der Waals surface area contributed by atoms with Crippen LogP contribution in [0, 0.1) is 0 Å². The molecule has 0 unspecified atom stereocenters. The van der Waals surface area contributed by atoms with Crippen molar-refractivity contribution < 1.29 is 18.3 Å². The summed E-state index contributed by atoms with van der Waals surface area (Å²) in [6.45, 7) is 1.48. The van der Waals surface area contributed by atoms with Crippen molar-refractivity contribution in [2.75, 3.05) is 12.9 Å². The summed E-state index contributed by atoms with van der Waals surface area (Å²) in [7, 11) is -3.32. The maximum Gasteiger partial charge on any atom is 0.251 e. The van der Waals surface area contributed by atoms with Crippen LogP contribution in [0.15, 0.2) is 29.2 Å². The van der Waals surface area contributed by atoms with E-state index < -0.39 is 15.7 Å². The van der Waals surface area contributed by atoms with E-state index in [-0.39, 0.29) is 23.1 Å². The predicted octanol–water partition coefficient (Wildman–Crippen LogP) is 0.201. The number of benzene rings is 1. The van der Waals surface area contributed by atoms with E-state index in [0.29, 0.717) is 0 Å². The second kappa shape index (κ2) is 5.29. The van der Waals surface area contributed by atoms with Gasteiger partial charge in [0.2, 0.25) is 0 Å². The maximum atomic E-state index is 11.7. The van der Waals surface area contributed by atoms with E-state index in [2.05, 4.69) is 5.32 Å². The van der Waals surface area contributed by atoms with E-state index in [1.165, 1.54) is 24.3 Å². The number of nitrogens with one attached hydrogen (secondary N) is 1. The summed E-state index contributed by atoms with van der Waals surface area (Å²) in [6, 6.07) is 5.41. The minimum Gasteiger partial charge on any atom is -0.394 e. The molecule has 94 valence electrons. The molecule has 0 radical (unpaired) electrons. The van der Waals surface area contributed by atoms with Gasteiger partial charge in [-0.2, -0.15) is 0 Å². The zero-order valence-electron chi connectivity index (χ0n) is 9.67. The number of rotatable bonds is 4. The molecule has 1 aromatic rings. The lowest BCUT2D eigenvalue weighted by Crippen LogP contribution is -2.35. The maximum absolute atomic E-state index is 11.7. The van der Waals surface area contributed by atoms with E-state index in [9.17, 15) is 13.2 Å². The van der Waals surface area contributed by atoms with Gasteiger partial charge in [0.15, 0.2) is 9.84 Å². The van der Waals surface area contributed by atoms with Gasteiger partial charge in [0, 0.05) is 17.9 Å². The molecule has 1 amide bonds. The largest absolute Gasteiger partial charge is 0.394 e. The van der Waals surface area contributed by atoms with E-state index in [1.807, 2.05) is 0 Å². The van der Waals surface area contributed by atoms with Gasteiger partial charge in [-0.15, -0.1) is 0 Å². The zero-order valence-corrected chi connectivity index (χ0v) is 10.5. The highest BCUT2D eigenvalue weighted by molar-refractivity contribution is 7.90. The van der Waals surface area contributed by atoms with Crippen LogP contribution in [0.2, 0.25) is 0 Å². The van der Waals surface area contributed by atoms with E-state index in [1.54, 1.807) is 6.92 Å². The molecule has 0 saturated carbocycles. The predicted molar refractivity (Wildman–Crippen MR) is 63.6 cm³/mol. The molecule has 1 rings (SSSR count). The Bertz CT molecular complexity index is 510. The first-order valence-corrected chi connectivity index (χ1v) is 6.95. The Morgan fingerprint density at radius 3 is 2.65 bits per heavy atom. The Balaban J connectivity index is 2.97. The topological polar surface area (TPSA) is 83.5 Å². The zero-order chi connectivity index (χ0) is 13.1. The first-order valence-electron chi connectivity index (χ1n) is 5.06. The molecular weight excluding hydrogens is 242 g/mol. The van der Waals surface area contributed by atoms with Crippen LogP contribution in [0.25, 0.3) is 0 Å². The Morgan fingerprint density at radius 1 is 1.47 bits per heavy atom. The lowest BCUT2D eigenvalue weighted by atomic mass is 10.2. The number of carbonyl (C=O) groups excluding carboxylic acids is 1. The van der Waals surface area contributed by atoms with Crippen LogP contribution in [0.5, 0.6) is 0 Å². The molecule has 1 aromatic carbocycles. The average molecular weight is 257 g/mol. The van der Waals surface area contributed by atoms with Crippen molar-refractivity contribution in [2.45, 2.75) is 17.9 Å². The number of amides is 1. The molecule has 2 N–H and O–H groups in total. The van der Waals surface area contributed by atoms with Crippen molar-refractivity contribution in [1.82, 2.24) is 5.32 Å². The molecular formula is C11H15NO4S. The lowest BCUT2D eigenvalue weighted by Gasteiger charge is -2.11. The summed E-state index contributed by atoms with van der Waals surface area (Å²) in [5.41, 5.74) is 0.258. The van der Waals surface area contributed by atoms with Gasteiger partial charge in [-0.3, -0.25) is 4.79 Å². The second-order valence-corrected chi connectivity index (χ2v) is 5.87. The van der Waals surface area contributed by atoms with Crippen molar-refractivity contribution in [2.24, 2.45) is 0 Å². The van der Waals surface area contributed by atoms with Gasteiger partial charge in [-0.05, 0) is 25.1 Å². The molecule has 6 heteroatoms. The van der Waals surface area contributed by atoms with Gasteiger partial charge in [0.05, 0.1) is 11.5 Å². The summed E-state index contributed by atoms with van der Waals surface area (Å²) < 4.78 is 22.6. The lowest BCUT2D eigenvalue weighted by molar-refractivity contribution is 0.0922. The van der Waals surface area contributed by atoms with Crippen LogP contribution in [0.3, 0.4) is 0 Å². The Labute approximate surface area is 100 Å². The van der Waals surface area contributed by atoms with Gasteiger partial charge in [0.1, 0.15) is 0 Å². The summed E-state index contributed by atoms with van der Waals surface area (Å²) in [5, 5.41) is 11.3. The molecule has 0 spiro atoms. The van der Waals surface area contributed by atoms with Crippen LogP contribution in [0.4, 0.5) is 0 Å². The number of hydrogen-bond acceptors (Lipinski definition) is 4. The summed E-state index contributed by atoms with van der Waals surface area (Å²) in [6.07, 6.45) is 1.08. The van der Waals surface area contributed by atoms with Crippen molar-refractivity contribution >= 4 is 15.7 Å². The quantitative estimate of drug-likeness (QED) is 0.807. The Kier molecular flexibility index (Phi) is 4.25. The molecule has 17 heavy (non-hydrogen) atoms. The van der Waals surface area contributed by atoms with Crippen LogP contribution < -0.4 is 5.32 Å². The van der Waals surface area contributed by atoms with Gasteiger partial charge < -0.3 is 10.4 Å². The van der Waals surface area contributed by atoms with Crippen LogP contribution in [-0.2, 0) is 9.84 Å². The van der Waals surface area contributed by atoms with E-state index in [0.717, 1.165) is 6.26 Å². The minimum atomic E-state index is -3.32. The molecule has 0 aliphatic carbocycles. The Morgan fingerprint density at radius 2 is 2.12 bits per heavy atom. The number of carbonyl (C=O) groups is 1. The monoisotopic (exact) mass is 257 g/mol. The number of sulfone groups is 1. The third-order valence-electron chi connectivity index (χ3n) is 2.18. The fourth-order valence-electron chi connectivity index (χ4n) is 1.22. The van der Waals surface area contributed by atoms with Gasteiger partial charge in [-0.1, -0.05) is 6.07 Å². The first-order chi connectivity index (χ1) is 7.84. The third-order valence-corrected chi connectivity index (χ3v) is 3.29. The molecule has 0 aromatic heterocycles. The van der Waals surface area contributed by atoms with Crippen molar-refractivity contribution in [3.8, 4) is 0 Å². The van der Waals surface area contributed by atoms with Crippen LogP contribution in [-0.4, -0.2) is 38.3 Å². The fraction of sp³-hybridized carbons (Fsp3) is 0.364. The van der Waals surface area contributed by atoms with Crippen molar-refractivity contribution in [3.63, 3.8) is 0 Å².